The molecule has 2 aromatic rings. The van der Waals surface area contributed by atoms with E-state index in [1.165, 1.54) is 5.56 Å². The van der Waals surface area contributed by atoms with Gasteiger partial charge in [0.1, 0.15) is 0 Å². The van der Waals surface area contributed by atoms with Gasteiger partial charge >= 0.3 is 6.09 Å². The summed E-state index contributed by atoms with van der Waals surface area (Å²) in [7, 11) is -0.600. The van der Waals surface area contributed by atoms with Gasteiger partial charge in [-0.2, -0.15) is 10.9 Å². The van der Waals surface area contributed by atoms with Gasteiger partial charge in [0, 0.05) is 27.8 Å². The van der Waals surface area contributed by atoms with Crippen molar-refractivity contribution >= 4 is 45.7 Å². The standard InChI is InChI=1S/C19H20ClN3O3S/c20-14-7-5-13(6-8-14)11-27-12-23-17-15(3-1-4-16(17)27)18(24)22-9-2-10-26-19(21)25/h1,3-8,12,27H,2,9-11H2,(H2,21,25)(H,22,24). The van der Waals surface area contributed by atoms with Crippen molar-refractivity contribution in [2.45, 2.75) is 17.1 Å². The Bertz CT molecular complexity index is 871. The lowest BCUT2D eigenvalue weighted by Gasteiger charge is -2.15. The van der Waals surface area contributed by atoms with Gasteiger partial charge in [-0.15, -0.1) is 0 Å². The van der Waals surface area contributed by atoms with E-state index in [-0.39, 0.29) is 12.5 Å². The molecule has 0 saturated carbocycles. The van der Waals surface area contributed by atoms with Gasteiger partial charge < -0.3 is 15.8 Å². The lowest BCUT2D eigenvalue weighted by atomic mass is 10.1. The van der Waals surface area contributed by atoms with E-state index in [0.717, 1.165) is 16.3 Å². The van der Waals surface area contributed by atoms with E-state index in [1.807, 2.05) is 41.9 Å². The average Bonchev–Trinajstić information content (AvgIpc) is 3.06. The molecule has 6 nitrogen and oxygen atoms in total. The quantitative estimate of drug-likeness (QED) is 0.483. The summed E-state index contributed by atoms with van der Waals surface area (Å²) in [5.41, 5.74) is 9.33. The highest BCUT2D eigenvalue weighted by Gasteiger charge is 2.21. The molecule has 1 aliphatic heterocycles. The number of thiol groups is 1. The normalized spacial score (nSPS) is 16.0. The number of fused-ring (bicyclic) bond motifs is 1. The topological polar surface area (TPSA) is 93.8 Å². The number of nitrogens with zero attached hydrogens (tertiary/aromatic N) is 1. The number of benzene rings is 2. The van der Waals surface area contributed by atoms with Crippen LogP contribution in [0.2, 0.25) is 5.02 Å². The van der Waals surface area contributed by atoms with Crippen LogP contribution in [0.5, 0.6) is 0 Å². The minimum Gasteiger partial charge on any atom is -0.450 e. The first-order valence-corrected chi connectivity index (χ1v) is 10.4. The Kier molecular flexibility index (Phi) is 6.36. The van der Waals surface area contributed by atoms with Gasteiger partial charge in [-0.25, -0.2) is 9.79 Å². The van der Waals surface area contributed by atoms with Gasteiger partial charge in [0.2, 0.25) is 0 Å². The number of amides is 2. The van der Waals surface area contributed by atoms with Crippen LogP contribution in [0.4, 0.5) is 10.5 Å². The van der Waals surface area contributed by atoms with Crippen molar-refractivity contribution in [1.82, 2.24) is 5.32 Å². The molecule has 3 N–H and O–H groups in total. The molecule has 0 bridgehead atoms. The Labute approximate surface area is 165 Å². The number of nitrogens with two attached hydrogens (primary N) is 1. The number of halogens is 1. The first-order chi connectivity index (χ1) is 13.0. The monoisotopic (exact) mass is 405 g/mol. The zero-order chi connectivity index (χ0) is 19.2. The van der Waals surface area contributed by atoms with Crippen molar-refractivity contribution in [1.29, 1.82) is 0 Å². The fourth-order valence-electron chi connectivity index (χ4n) is 2.73. The van der Waals surface area contributed by atoms with Gasteiger partial charge in [-0.05, 0) is 36.2 Å². The lowest BCUT2D eigenvalue weighted by molar-refractivity contribution is 0.0950. The molecular weight excluding hydrogens is 386 g/mol. The molecular formula is C19H20ClN3O3S. The van der Waals surface area contributed by atoms with Crippen LogP contribution in [0.15, 0.2) is 52.4 Å². The maximum Gasteiger partial charge on any atom is 0.404 e. The summed E-state index contributed by atoms with van der Waals surface area (Å²) in [4.78, 5) is 28.6. The second-order valence-electron chi connectivity index (χ2n) is 5.95. The molecule has 2 amide bonds. The molecule has 0 spiro atoms. The van der Waals surface area contributed by atoms with E-state index >= 15 is 0 Å². The smallest absolute Gasteiger partial charge is 0.404 e. The summed E-state index contributed by atoms with van der Waals surface area (Å²) >= 11 is 5.95. The summed E-state index contributed by atoms with van der Waals surface area (Å²) in [6, 6.07) is 13.5. The number of carbonyl (C=O) groups excluding carboxylic acids is 2. The molecule has 0 aliphatic carbocycles. The van der Waals surface area contributed by atoms with E-state index in [9.17, 15) is 9.59 Å². The summed E-state index contributed by atoms with van der Waals surface area (Å²) in [6.45, 7) is 0.562. The summed E-state index contributed by atoms with van der Waals surface area (Å²) in [5.74, 6) is 0.671. The van der Waals surface area contributed by atoms with Crippen LogP contribution in [0, 0.1) is 0 Å². The van der Waals surface area contributed by atoms with Crippen molar-refractivity contribution < 1.29 is 14.3 Å². The van der Waals surface area contributed by atoms with Gasteiger partial charge in [0.05, 0.1) is 17.9 Å². The van der Waals surface area contributed by atoms with Crippen molar-refractivity contribution in [2.75, 3.05) is 13.2 Å². The lowest BCUT2D eigenvalue weighted by Crippen LogP contribution is -2.26. The first kappa shape index (κ1) is 19.3. The molecule has 2 aromatic carbocycles. The Balaban J connectivity index is 1.64. The van der Waals surface area contributed by atoms with Gasteiger partial charge in [0.15, 0.2) is 0 Å². The number of carbonyl (C=O) groups is 2. The van der Waals surface area contributed by atoms with Crippen LogP contribution in [0.1, 0.15) is 22.3 Å². The fourth-order valence-corrected chi connectivity index (χ4v) is 4.82. The van der Waals surface area contributed by atoms with E-state index in [2.05, 4.69) is 15.0 Å². The number of para-hydroxylation sites is 1. The molecule has 1 atom stereocenters. The SMILES string of the molecule is NC(=O)OCCCNC(=O)c1cccc2c1N=C[SH]2Cc1ccc(Cl)cc1. The maximum atomic E-state index is 12.5. The molecule has 1 unspecified atom stereocenters. The van der Waals surface area contributed by atoms with Gasteiger partial charge in [-0.3, -0.25) is 4.79 Å². The highest BCUT2D eigenvalue weighted by atomic mass is 35.5. The molecule has 3 rings (SSSR count). The van der Waals surface area contributed by atoms with Crippen LogP contribution < -0.4 is 11.1 Å². The van der Waals surface area contributed by atoms with Gasteiger partial charge in [-0.1, -0.05) is 29.8 Å². The number of ether oxygens (including phenoxy) is 1. The number of hydrogen-bond donors (Lipinski definition) is 3. The third kappa shape index (κ3) is 5.02. The van der Waals surface area contributed by atoms with Crippen molar-refractivity contribution in [3.8, 4) is 0 Å². The minimum absolute atomic E-state index is 0.174. The molecule has 0 saturated heterocycles. The summed E-state index contributed by atoms with van der Waals surface area (Å²) in [5, 5.41) is 3.54. The van der Waals surface area contributed by atoms with Gasteiger partial charge in [0.25, 0.3) is 5.91 Å². The highest BCUT2D eigenvalue weighted by Crippen LogP contribution is 2.49. The molecule has 0 aromatic heterocycles. The molecule has 142 valence electrons. The Morgan fingerprint density at radius 3 is 2.70 bits per heavy atom. The van der Waals surface area contributed by atoms with Crippen LogP contribution in [-0.2, 0) is 10.5 Å². The highest BCUT2D eigenvalue weighted by molar-refractivity contribution is 8.28. The third-order valence-electron chi connectivity index (χ3n) is 4.01. The van der Waals surface area contributed by atoms with E-state index in [4.69, 9.17) is 17.3 Å². The van der Waals surface area contributed by atoms with Crippen molar-refractivity contribution in [3.05, 3.63) is 58.6 Å². The van der Waals surface area contributed by atoms with E-state index in [0.29, 0.717) is 23.6 Å². The van der Waals surface area contributed by atoms with Crippen LogP contribution >= 0.6 is 22.5 Å². The minimum atomic E-state index is -0.814. The van der Waals surface area contributed by atoms with Crippen molar-refractivity contribution in [2.24, 2.45) is 10.7 Å². The molecule has 8 heteroatoms. The van der Waals surface area contributed by atoms with Crippen LogP contribution in [0.3, 0.4) is 0 Å². The summed E-state index contributed by atoms with van der Waals surface area (Å²) < 4.78 is 4.64. The first-order valence-electron chi connectivity index (χ1n) is 8.43. The molecule has 27 heavy (non-hydrogen) atoms. The van der Waals surface area contributed by atoms with Crippen molar-refractivity contribution in [3.63, 3.8) is 0 Å². The number of nitrogens with one attached hydrogen (secondary N) is 1. The fraction of sp³-hybridized carbons (Fsp3) is 0.211. The van der Waals surface area contributed by atoms with E-state index < -0.39 is 17.0 Å². The molecule has 1 aliphatic rings. The number of aliphatic imine (C=N–C) groups is 1. The Morgan fingerprint density at radius 1 is 1.19 bits per heavy atom. The predicted octanol–water partition coefficient (Wildman–Crippen LogP) is 3.79. The summed E-state index contributed by atoms with van der Waals surface area (Å²) in [6.07, 6.45) is -0.318. The average molecular weight is 406 g/mol. The Hall–Kier alpha value is -2.51. The second-order valence-corrected chi connectivity index (χ2v) is 8.35. The number of rotatable bonds is 7. The molecule has 0 radical (unpaired) electrons. The van der Waals surface area contributed by atoms with Crippen LogP contribution in [0.25, 0.3) is 0 Å². The predicted molar refractivity (Wildman–Crippen MR) is 109 cm³/mol. The zero-order valence-corrected chi connectivity index (χ0v) is 16.2. The maximum absolute atomic E-state index is 12.5. The number of primary amides is 1. The number of hydrogen-bond acceptors (Lipinski definition) is 4. The largest absolute Gasteiger partial charge is 0.450 e. The molecule has 0 fully saturated rings. The van der Waals surface area contributed by atoms with Crippen LogP contribution in [-0.4, -0.2) is 30.7 Å². The Morgan fingerprint density at radius 2 is 1.96 bits per heavy atom. The second kappa shape index (κ2) is 8.92. The van der Waals surface area contributed by atoms with E-state index in [1.54, 1.807) is 6.07 Å². The molecule has 1 heterocycles. The third-order valence-corrected chi connectivity index (χ3v) is 6.34. The zero-order valence-electron chi connectivity index (χ0n) is 14.5.